The van der Waals surface area contributed by atoms with Crippen LogP contribution in [0.4, 0.5) is 8.78 Å². The summed E-state index contributed by atoms with van der Waals surface area (Å²) in [5.74, 6) is -3.08. The Balaban J connectivity index is 1.27. The maximum Gasteiger partial charge on any atom is 0.282 e. The minimum atomic E-state index is -3.76. The van der Waals surface area contributed by atoms with Crippen molar-refractivity contribution in [1.82, 2.24) is 18.8 Å². The molecule has 3 atom stereocenters. The Bertz CT molecular complexity index is 1280. The van der Waals surface area contributed by atoms with E-state index in [0.717, 1.165) is 31.4 Å². The van der Waals surface area contributed by atoms with Gasteiger partial charge in [0.05, 0.1) is 29.0 Å². The van der Waals surface area contributed by atoms with E-state index in [1.54, 1.807) is 0 Å². The molecule has 5 rings (SSSR count). The van der Waals surface area contributed by atoms with Crippen LogP contribution < -0.4 is 5.32 Å². The molecule has 1 aliphatic carbocycles. The fourth-order valence-corrected chi connectivity index (χ4v) is 7.95. The molecule has 0 radical (unpaired) electrons. The van der Waals surface area contributed by atoms with Crippen molar-refractivity contribution in [2.45, 2.75) is 57.0 Å². The zero-order valence-electron chi connectivity index (χ0n) is 21.5. The first-order valence-corrected chi connectivity index (χ1v) is 15.3. The van der Waals surface area contributed by atoms with Crippen LogP contribution in [-0.4, -0.2) is 72.5 Å². The maximum absolute atomic E-state index is 14.8. The maximum atomic E-state index is 14.8. The van der Waals surface area contributed by atoms with Crippen molar-refractivity contribution in [2.75, 3.05) is 32.7 Å². The zero-order chi connectivity index (χ0) is 27.9. The number of carbonyl (C=O) groups is 2. The summed E-state index contributed by atoms with van der Waals surface area (Å²) in [5, 5.41) is 11.6. The van der Waals surface area contributed by atoms with Crippen LogP contribution in [0.2, 0.25) is 5.02 Å². The number of nitrogens with zero attached hydrogens (tertiary/aromatic N) is 4. The third-order valence-electron chi connectivity index (χ3n) is 8.55. The monoisotopic (exact) mass is 583 g/mol. The van der Waals surface area contributed by atoms with Crippen LogP contribution in [-0.2, 0) is 19.8 Å². The van der Waals surface area contributed by atoms with Gasteiger partial charge in [0.15, 0.2) is 0 Å². The smallest absolute Gasteiger partial charge is 0.282 e. The largest absolute Gasteiger partial charge is 0.347 e. The number of carbonyl (C=O) groups excluding carboxylic acids is 2. The summed E-state index contributed by atoms with van der Waals surface area (Å²) >= 11 is 5.73. The molecule has 1 saturated carbocycles. The van der Waals surface area contributed by atoms with Crippen molar-refractivity contribution in [3.8, 4) is 6.07 Å². The molecule has 1 aromatic rings. The summed E-state index contributed by atoms with van der Waals surface area (Å²) in [6.45, 7) is 1.01. The summed E-state index contributed by atoms with van der Waals surface area (Å²) in [6, 6.07) is 2.51. The molecule has 1 aromatic carbocycles. The summed E-state index contributed by atoms with van der Waals surface area (Å²) < 4.78 is 57.6. The topological polar surface area (TPSA) is 114 Å². The normalized spacial score (nSPS) is 25.9. The Kier molecular flexibility index (Phi) is 8.15. The van der Waals surface area contributed by atoms with E-state index in [1.807, 2.05) is 0 Å². The number of halogens is 3. The fourth-order valence-electron chi connectivity index (χ4n) is 6.01. The van der Waals surface area contributed by atoms with Crippen LogP contribution in [0.25, 0.3) is 0 Å². The Labute approximate surface area is 232 Å². The first-order chi connectivity index (χ1) is 18.6. The molecule has 0 bridgehead atoms. The van der Waals surface area contributed by atoms with Gasteiger partial charge in [-0.15, -0.1) is 0 Å². The third-order valence-corrected chi connectivity index (χ3v) is 10.8. The van der Waals surface area contributed by atoms with Crippen molar-refractivity contribution in [2.24, 2.45) is 17.8 Å². The zero-order valence-corrected chi connectivity index (χ0v) is 23.1. The van der Waals surface area contributed by atoms with Gasteiger partial charge in [0, 0.05) is 38.3 Å². The van der Waals surface area contributed by atoms with Crippen molar-refractivity contribution in [3.05, 3.63) is 34.4 Å². The number of hydrogen-bond donors (Lipinski definition) is 1. The Morgan fingerprint density at radius 3 is 2.38 bits per heavy atom. The molecule has 39 heavy (non-hydrogen) atoms. The summed E-state index contributed by atoms with van der Waals surface area (Å²) in [5.41, 5.74) is 0.0450. The Hall–Kier alpha value is -2.33. The van der Waals surface area contributed by atoms with Gasteiger partial charge in [-0.1, -0.05) is 18.0 Å². The highest BCUT2D eigenvalue weighted by molar-refractivity contribution is 7.86. The lowest BCUT2D eigenvalue weighted by atomic mass is 9.77. The molecule has 0 aromatic heterocycles. The minimum absolute atomic E-state index is 0.0275. The molecule has 3 heterocycles. The average molecular weight is 584 g/mol. The predicted molar refractivity (Wildman–Crippen MR) is 138 cm³/mol. The number of hydrogen-bond acceptors (Lipinski definition) is 5. The van der Waals surface area contributed by atoms with Crippen molar-refractivity contribution in [1.29, 1.82) is 5.26 Å². The van der Waals surface area contributed by atoms with Crippen LogP contribution in [0.3, 0.4) is 0 Å². The van der Waals surface area contributed by atoms with E-state index < -0.39 is 45.8 Å². The summed E-state index contributed by atoms with van der Waals surface area (Å²) in [4.78, 5) is 28.6. The number of nitriles is 1. The lowest BCUT2D eigenvalue weighted by molar-refractivity contribution is -0.143. The quantitative estimate of drug-likeness (QED) is 0.496. The summed E-state index contributed by atoms with van der Waals surface area (Å²) in [7, 11) is -3.76. The average Bonchev–Trinajstić information content (AvgIpc) is 3.34. The second kappa shape index (κ2) is 11.3. The van der Waals surface area contributed by atoms with E-state index in [0.29, 0.717) is 38.8 Å². The minimum Gasteiger partial charge on any atom is -0.347 e. The molecule has 9 nitrogen and oxygen atoms in total. The molecule has 3 saturated heterocycles. The molecule has 1 N–H and O–H groups in total. The van der Waals surface area contributed by atoms with Crippen molar-refractivity contribution >= 4 is 33.6 Å². The van der Waals surface area contributed by atoms with Gasteiger partial charge in [-0.05, 0) is 56.6 Å². The number of piperidine rings is 1. The number of rotatable bonds is 7. The van der Waals surface area contributed by atoms with E-state index >= 15 is 0 Å². The molecule has 2 amide bonds. The van der Waals surface area contributed by atoms with E-state index in [9.17, 15) is 26.8 Å². The van der Waals surface area contributed by atoms with Crippen LogP contribution in [0.15, 0.2) is 12.1 Å². The molecule has 4 aliphatic rings. The van der Waals surface area contributed by atoms with Crippen LogP contribution in [0, 0.1) is 40.7 Å². The first-order valence-electron chi connectivity index (χ1n) is 13.5. The Morgan fingerprint density at radius 2 is 1.72 bits per heavy atom. The van der Waals surface area contributed by atoms with Crippen molar-refractivity contribution < 1.29 is 26.8 Å². The molecule has 13 heteroatoms. The lowest BCUT2D eigenvalue weighted by Crippen LogP contribution is -2.57. The molecule has 4 fully saturated rings. The SMILES string of the molecule is N#CC1CN(S(=O)(=O)N2CCCC(C(=O)N3CCC[C@@H]3C(=O)NC(c3cc(F)c(Cl)cc3F)C3CCC3)C2)C1. The van der Waals surface area contributed by atoms with Crippen molar-refractivity contribution in [3.63, 3.8) is 0 Å². The van der Waals surface area contributed by atoms with Gasteiger partial charge in [0.1, 0.15) is 17.7 Å². The van der Waals surface area contributed by atoms with Crippen LogP contribution in [0.1, 0.15) is 56.6 Å². The number of amides is 2. The number of nitrogens with one attached hydrogen (secondary N) is 1. The van der Waals surface area contributed by atoms with E-state index in [-0.39, 0.29) is 48.0 Å². The number of likely N-dealkylation sites (tertiary alicyclic amines) is 1. The predicted octanol–water partition coefficient (Wildman–Crippen LogP) is 2.98. The van der Waals surface area contributed by atoms with Gasteiger partial charge >= 0.3 is 0 Å². The molecule has 212 valence electrons. The van der Waals surface area contributed by atoms with E-state index in [2.05, 4.69) is 11.4 Å². The van der Waals surface area contributed by atoms with Gasteiger partial charge in [-0.25, -0.2) is 8.78 Å². The summed E-state index contributed by atoms with van der Waals surface area (Å²) in [6.07, 6.45) is 4.53. The molecule has 3 aliphatic heterocycles. The second-order valence-electron chi connectivity index (χ2n) is 11.0. The highest BCUT2D eigenvalue weighted by Crippen LogP contribution is 2.40. The van der Waals surface area contributed by atoms with E-state index in [4.69, 9.17) is 16.9 Å². The van der Waals surface area contributed by atoms with Gasteiger partial charge in [-0.3, -0.25) is 9.59 Å². The van der Waals surface area contributed by atoms with Gasteiger partial charge in [0.25, 0.3) is 10.2 Å². The fraction of sp³-hybridized carbons (Fsp3) is 0.654. The molecular formula is C26H32ClF2N5O4S. The lowest BCUT2D eigenvalue weighted by Gasteiger charge is -2.41. The first kappa shape index (κ1) is 28.2. The highest BCUT2D eigenvalue weighted by atomic mass is 35.5. The van der Waals surface area contributed by atoms with Gasteiger partial charge < -0.3 is 10.2 Å². The van der Waals surface area contributed by atoms with Crippen LogP contribution in [0.5, 0.6) is 0 Å². The number of benzene rings is 1. The third kappa shape index (κ3) is 5.51. The second-order valence-corrected chi connectivity index (χ2v) is 13.3. The standard InChI is InChI=1S/C26H32ClF2N5O4S/c27-20-11-21(28)19(10-22(20)29)24(17-4-1-5-17)31-25(35)23-7-3-9-34(23)26(36)18-6-2-8-32(15-18)39(37,38)33-13-16(12-30)14-33/h10-11,16-18,23-24H,1-9,13-15H2,(H,31,35)/t18?,23-,24?/m1/s1. The van der Waals surface area contributed by atoms with Gasteiger partial charge in [-0.2, -0.15) is 22.3 Å². The molecular weight excluding hydrogens is 552 g/mol. The van der Waals surface area contributed by atoms with Gasteiger partial charge in [0.2, 0.25) is 11.8 Å². The van der Waals surface area contributed by atoms with Crippen LogP contribution >= 0.6 is 11.6 Å². The highest BCUT2D eigenvalue weighted by Gasteiger charge is 2.44. The molecule has 2 unspecified atom stereocenters. The van der Waals surface area contributed by atoms with E-state index in [1.165, 1.54) is 13.5 Å². The molecule has 0 spiro atoms. The Morgan fingerprint density at radius 1 is 1.00 bits per heavy atom.